The Bertz CT molecular complexity index is 343. The molecule has 0 bridgehead atoms. The largest absolute Gasteiger partial charge is 0.399 e. The van der Waals surface area contributed by atoms with Gasteiger partial charge in [-0.3, -0.25) is 4.79 Å². The topological polar surface area (TPSA) is 101 Å². The van der Waals surface area contributed by atoms with Crippen LogP contribution >= 0.6 is 0 Å². The third-order valence-corrected chi connectivity index (χ3v) is 1.80. The van der Waals surface area contributed by atoms with Crippen molar-refractivity contribution in [1.82, 2.24) is 5.32 Å². The first-order valence-electron chi connectivity index (χ1n) is 4.61. The Labute approximate surface area is 88.1 Å². The first kappa shape index (κ1) is 11.3. The molecule has 0 heterocycles. The van der Waals surface area contributed by atoms with Crippen molar-refractivity contribution in [2.24, 2.45) is 0 Å². The Morgan fingerprint density at radius 1 is 1.40 bits per heavy atom. The highest BCUT2D eigenvalue weighted by Crippen LogP contribution is 2.13. The molecule has 0 unspecified atom stereocenters. The molecule has 1 amide bonds. The fourth-order valence-electron chi connectivity index (χ4n) is 1.15. The SMILES string of the molecule is C[C@@H](O)CNC(=O)c1cc(N)cc(N)c1. The number of rotatable bonds is 3. The van der Waals surface area contributed by atoms with Crippen LogP contribution in [0.25, 0.3) is 0 Å². The summed E-state index contributed by atoms with van der Waals surface area (Å²) in [6.45, 7) is 1.79. The van der Waals surface area contributed by atoms with Crippen LogP contribution in [0.15, 0.2) is 18.2 Å². The van der Waals surface area contributed by atoms with E-state index in [1.807, 2.05) is 0 Å². The van der Waals surface area contributed by atoms with Crippen molar-refractivity contribution >= 4 is 17.3 Å². The van der Waals surface area contributed by atoms with Gasteiger partial charge in [-0.05, 0) is 25.1 Å². The highest BCUT2D eigenvalue weighted by atomic mass is 16.3. The van der Waals surface area contributed by atoms with Crippen LogP contribution in [0.1, 0.15) is 17.3 Å². The number of anilines is 2. The molecule has 1 aromatic carbocycles. The fourth-order valence-corrected chi connectivity index (χ4v) is 1.15. The second-order valence-corrected chi connectivity index (χ2v) is 3.45. The van der Waals surface area contributed by atoms with Crippen LogP contribution in [0.3, 0.4) is 0 Å². The molecule has 0 aliphatic carbocycles. The standard InChI is InChI=1S/C10H15N3O2/c1-6(14)5-13-10(15)7-2-8(11)4-9(12)3-7/h2-4,6,14H,5,11-12H2,1H3,(H,13,15)/t6-/m1/s1. The van der Waals surface area contributed by atoms with E-state index in [0.29, 0.717) is 16.9 Å². The van der Waals surface area contributed by atoms with Crippen LogP contribution in [0.5, 0.6) is 0 Å². The average Bonchev–Trinajstić information content (AvgIpc) is 2.12. The maximum absolute atomic E-state index is 11.5. The number of carbonyl (C=O) groups excluding carboxylic acids is 1. The Balaban J connectivity index is 2.73. The first-order valence-corrected chi connectivity index (χ1v) is 4.61. The molecule has 5 heteroatoms. The van der Waals surface area contributed by atoms with E-state index in [4.69, 9.17) is 16.6 Å². The number of benzene rings is 1. The average molecular weight is 209 g/mol. The Morgan fingerprint density at radius 3 is 2.40 bits per heavy atom. The number of nitrogens with one attached hydrogen (secondary N) is 1. The Morgan fingerprint density at radius 2 is 1.93 bits per heavy atom. The van der Waals surface area contributed by atoms with Crippen LogP contribution < -0.4 is 16.8 Å². The maximum Gasteiger partial charge on any atom is 0.251 e. The minimum atomic E-state index is -0.577. The zero-order valence-electron chi connectivity index (χ0n) is 8.53. The summed E-state index contributed by atoms with van der Waals surface area (Å²) < 4.78 is 0. The lowest BCUT2D eigenvalue weighted by Crippen LogP contribution is -2.30. The maximum atomic E-state index is 11.5. The number of hydrogen-bond acceptors (Lipinski definition) is 4. The summed E-state index contributed by atoms with van der Waals surface area (Å²) >= 11 is 0. The molecule has 0 spiro atoms. The minimum absolute atomic E-state index is 0.202. The smallest absolute Gasteiger partial charge is 0.251 e. The molecule has 0 saturated heterocycles. The van der Waals surface area contributed by atoms with Crippen molar-refractivity contribution in [3.63, 3.8) is 0 Å². The highest BCUT2D eigenvalue weighted by molar-refractivity contribution is 5.96. The van der Waals surface area contributed by atoms with E-state index in [-0.39, 0.29) is 12.5 Å². The number of carbonyl (C=O) groups is 1. The molecule has 0 aliphatic rings. The number of nitrogen functional groups attached to an aromatic ring is 2. The normalized spacial score (nSPS) is 12.1. The molecule has 1 rings (SSSR count). The monoisotopic (exact) mass is 209 g/mol. The molecule has 0 radical (unpaired) electrons. The molecular weight excluding hydrogens is 194 g/mol. The lowest BCUT2D eigenvalue weighted by Gasteiger charge is -2.08. The summed E-state index contributed by atoms with van der Waals surface area (Å²) in [4.78, 5) is 11.5. The summed E-state index contributed by atoms with van der Waals surface area (Å²) in [5.74, 6) is -0.296. The minimum Gasteiger partial charge on any atom is -0.399 e. The predicted octanol–water partition coefficient (Wildman–Crippen LogP) is -0.0384. The summed E-state index contributed by atoms with van der Waals surface area (Å²) in [5, 5.41) is 11.5. The lowest BCUT2D eigenvalue weighted by molar-refractivity contribution is 0.0924. The highest BCUT2D eigenvalue weighted by Gasteiger charge is 2.07. The van der Waals surface area contributed by atoms with Gasteiger partial charge in [-0.25, -0.2) is 0 Å². The number of nitrogens with two attached hydrogens (primary N) is 2. The third-order valence-electron chi connectivity index (χ3n) is 1.80. The van der Waals surface area contributed by atoms with Gasteiger partial charge in [0.2, 0.25) is 0 Å². The third kappa shape index (κ3) is 3.47. The zero-order chi connectivity index (χ0) is 11.4. The van der Waals surface area contributed by atoms with Gasteiger partial charge in [0.1, 0.15) is 0 Å². The van der Waals surface area contributed by atoms with Gasteiger partial charge in [0.15, 0.2) is 0 Å². The second kappa shape index (κ2) is 4.65. The van der Waals surface area contributed by atoms with Gasteiger partial charge >= 0.3 is 0 Å². The molecule has 82 valence electrons. The number of aliphatic hydroxyl groups is 1. The number of amides is 1. The van der Waals surface area contributed by atoms with Crippen LogP contribution in [-0.2, 0) is 0 Å². The molecule has 0 fully saturated rings. The van der Waals surface area contributed by atoms with E-state index in [1.54, 1.807) is 13.0 Å². The van der Waals surface area contributed by atoms with Gasteiger partial charge in [0.05, 0.1) is 6.10 Å². The quantitative estimate of drug-likeness (QED) is 0.525. The molecule has 0 aromatic heterocycles. The van der Waals surface area contributed by atoms with Gasteiger partial charge in [-0.2, -0.15) is 0 Å². The van der Waals surface area contributed by atoms with Crippen molar-refractivity contribution in [3.05, 3.63) is 23.8 Å². The van der Waals surface area contributed by atoms with Crippen molar-refractivity contribution in [1.29, 1.82) is 0 Å². The van der Waals surface area contributed by atoms with Gasteiger partial charge < -0.3 is 21.9 Å². The van der Waals surface area contributed by atoms with Crippen LogP contribution in [-0.4, -0.2) is 23.7 Å². The van der Waals surface area contributed by atoms with Crippen molar-refractivity contribution in [2.75, 3.05) is 18.0 Å². The fraction of sp³-hybridized carbons (Fsp3) is 0.300. The number of aliphatic hydroxyl groups excluding tert-OH is 1. The van der Waals surface area contributed by atoms with Crippen LogP contribution in [0.2, 0.25) is 0 Å². The Hall–Kier alpha value is -1.75. The lowest BCUT2D eigenvalue weighted by atomic mass is 10.1. The van der Waals surface area contributed by atoms with E-state index in [1.165, 1.54) is 12.1 Å². The van der Waals surface area contributed by atoms with Crippen molar-refractivity contribution in [2.45, 2.75) is 13.0 Å². The molecule has 5 nitrogen and oxygen atoms in total. The van der Waals surface area contributed by atoms with Gasteiger partial charge in [0.25, 0.3) is 5.91 Å². The summed E-state index contributed by atoms with van der Waals surface area (Å²) in [6, 6.07) is 4.65. The van der Waals surface area contributed by atoms with E-state index in [9.17, 15) is 4.79 Å². The van der Waals surface area contributed by atoms with Gasteiger partial charge in [-0.15, -0.1) is 0 Å². The molecule has 0 aliphatic heterocycles. The van der Waals surface area contributed by atoms with Gasteiger partial charge in [-0.1, -0.05) is 0 Å². The van der Waals surface area contributed by atoms with E-state index in [2.05, 4.69) is 5.32 Å². The second-order valence-electron chi connectivity index (χ2n) is 3.45. The summed E-state index contributed by atoms with van der Waals surface area (Å²) in [7, 11) is 0. The summed E-state index contributed by atoms with van der Waals surface area (Å²) in [5.41, 5.74) is 12.4. The van der Waals surface area contributed by atoms with E-state index < -0.39 is 6.10 Å². The van der Waals surface area contributed by atoms with Crippen LogP contribution in [0, 0.1) is 0 Å². The Kier molecular flexibility index (Phi) is 3.51. The summed E-state index contributed by atoms with van der Waals surface area (Å²) in [6.07, 6.45) is -0.577. The zero-order valence-corrected chi connectivity index (χ0v) is 8.53. The molecule has 0 saturated carbocycles. The van der Waals surface area contributed by atoms with Crippen molar-refractivity contribution < 1.29 is 9.90 Å². The van der Waals surface area contributed by atoms with Gasteiger partial charge in [0, 0.05) is 23.5 Å². The van der Waals surface area contributed by atoms with E-state index in [0.717, 1.165) is 0 Å². The molecular formula is C10H15N3O2. The number of hydrogen-bond donors (Lipinski definition) is 4. The first-order chi connectivity index (χ1) is 6.99. The van der Waals surface area contributed by atoms with Crippen LogP contribution in [0.4, 0.5) is 11.4 Å². The molecule has 6 N–H and O–H groups in total. The molecule has 15 heavy (non-hydrogen) atoms. The molecule has 1 atom stereocenters. The van der Waals surface area contributed by atoms with E-state index >= 15 is 0 Å². The predicted molar refractivity (Wildman–Crippen MR) is 59.3 cm³/mol. The molecule has 1 aromatic rings. The van der Waals surface area contributed by atoms with Crippen molar-refractivity contribution in [3.8, 4) is 0 Å².